The van der Waals surface area contributed by atoms with Crippen LogP contribution in [0.1, 0.15) is 5.56 Å². The molecule has 0 atom stereocenters. The predicted octanol–water partition coefficient (Wildman–Crippen LogP) is 2.78. The van der Waals surface area contributed by atoms with E-state index in [0.29, 0.717) is 6.54 Å². The fourth-order valence-corrected chi connectivity index (χ4v) is 2.06. The second-order valence-corrected chi connectivity index (χ2v) is 4.66. The third-order valence-electron chi connectivity index (χ3n) is 2.17. The van der Waals surface area contributed by atoms with Crippen LogP contribution in [0.4, 0.5) is 10.1 Å². The van der Waals surface area contributed by atoms with Crippen molar-refractivity contribution < 1.29 is 4.39 Å². The van der Waals surface area contributed by atoms with Gasteiger partial charge in [0.1, 0.15) is 5.82 Å². The van der Waals surface area contributed by atoms with Gasteiger partial charge in [-0.2, -0.15) is 5.10 Å². The Bertz CT molecular complexity index is 496. The van der Waals surface area contributed by atoms with Crippen LogP contribution in [0.25, 0.3) is 0 Å². The standard InChI is InChI=1S/C11H11FIN3/c1-16-7-8(6-15-16)5-14-11-3-2-9(12)4-10(11)13/h2-4,6-7,14H,5H2,1H3. The first-order valence-electron chi connectivity index (χ1n) is 4.81. The number of halogens is 2. The minimum absolute atomic E-state index is 0.212. The number of hydrogen-bond donors (Lipinski definition) is 1. The molecular formula is C11H11FIN3. The van der Waals surface area contributed by atoms with Crippen LogP contribution >= 0.6 is 22.6 Å². The van der Waals surface area contributed by atoms with Gasteiger partial charge in [0.15, 0.2) is 0 Å². The molecule has 0 aliphatic carbocycles. The van der Waals surface area contributed by atoms with Crippen molar-refractivity contribution in [2.75, 3.05) is 5.32 Å². The minimum Gasteiger partial charge on any atom is -0.380 e. The summed E-state index contributed by atoms with van der Waals surface area (Å²) in [6.07, 6.45) is 3.76. The van der Waals surface area contributed by atoms with Gasteiger partial charge in [0.2, 0.25) is 0 Å². The molecule has 84 valence electrons. The van der Waals surface area contributed by atoms with E-state index in [2.05, 4.69) is 33.0 Å². The summed E-state index contributed by atoms with van der Waals surface area (Å²) in [5.41, 5.74) is 2.04. The van der Waals surface area contributed by atoms with E-state index >= 15 is 0 Å². The zero-order valence-corrected chi connectivity index (χ0v) is 10.9. The van der Waals surface area contributed by atoms with Gasteiger partial charge in [0, 0.05) is 34.6 Å². The Morgan fingerprint density at radius 2 is 2.31 bits per heavy atom. The maximum absolute atomic E-state index is 12.9. The molecule has 0 spiro atoms. The molecule has 0 unspecified atom stereocenters. The SMILES string of the molecule is Cn1cc(CNc2ccc(F)cc2I)cn1. The predicted molar refractivity (Wildman–Crippen MR) is 69.7 cm³/mol. The number of nitrogens with zero attached hydrogens (tertiary/aromatic N) is 2. The van der Waals surface area contributed by atoms with Crippen LogP contribution < -0.4 is 5.32 Å². The number of rotatable bonds is 3. The Hall–Kier alpha value is -1.11. The number of anilines is 1. The molecular weight excluding hydrogens is 320 g/mol. The molecule has 0 saturated carbocycles. The third kappa shape index (κ3) is 2.72. The van der Waals surface area contributed by atoms with Gasteiger partial charge in [-0.3, -0.25) is 4.68 Å². The van der Waals surface area contributed by atoms with Crippen LogP contribution in [0.5, 0.6) is 0 Å². The average Bonchev–Trinajstić information content (AvgIpc) is 2.63. The van der Waals surface area contributed by atoms with E-state index in [4.69, 9.17) is 0 Å². The van der Waals surface area contributed by atoms with Gasteiger partial charge >= 0.3 is 0 Å². The van der Waals surface area contributed by atoms with E-state index in [1.54, 1.807) is 10.7 Å². The Balaban J connectivity index is 2.04. The summed E-state index contributed by atoms with van der Waals surface area (Å²) in [4.78, 5) is 0. The number of aromatic nitrogens is 2. The molecule has 0 aliphatic rings. The number of benzene rings is 1. The lowest BCUT2D eigenvalue weighted by molar-refractivity contribution is 0.627. The van der Waals surface area contributed by atoms with Crippen LogP contribution in [0.2, 0.25) is 0 Å². The Morgan fingerprint density at radius 3 is 2.94 bits per heavy atom. The van der Waals surface area contributed by atoms with Crippen molar-refractivity contribution in [3.63, 3.8) is 0 Å². The molecule has 1 aromatic carbocycles. The summed E-state index contributed by atoms with van der Waals surface area (Å²) >= 11 is 2.11. The lowest BCUT2D eigenvalue weighted by Crippen LogP contribution is -2.00. The Morgan fingerprint density at radius 1 is 1.50 bits per heavy atom. The second kappa shape index (κ2) is 4.82. The Labute approximate surface area is 107 Å². The average molecular weight is 331 g/mol. The van der Waals surface area contributed by atoms with Crippen LogP contribution in [-0.2, 0) is 13.6 Å². The third-order valence-corrected chi connectivity index (χ3v) is 3.06. The summed E-state index contributed by atoms with van der Waals surface area (Å²) in [5, 5.41) is 7.32. The molecule has 5 heteroatoms. The zero-order valence-electron chi connectivity index (χ0n) is 8.74. The van der Waals surface area contributed by atoms with Crippen molar-refractivity contribution in [1.82, 2.24) is 9.78 Å². The zero-order chi connectivity index (χ0) is 11.5. The fraction of sp³-hybridized carbons (Fsp3) is 0.182. The van der Waals surface area contributed by atoms with E-state index in [0.717, 1.165) is 14.8 Å². The van der Waals surface area contributed by atoms with E-state index < -0.39 is 0 Å². The highest BCUT2D eigenvalue weighted by molar-refractivity contribution is 14.1. The van der Waals surface area contributed by atoms with E-state index in [1.165, 1.54) is 12.1 Å². The second-order valence-electron chi connectivity index (χ2n) is 3.50. The number of hydrogen-bond acceptors (Lipinski definition) is 2. The molecule has 0 aliphatic heterocycles. The smallest absolute Gasteiger partial charge is 0.124 e. The molecule has 0 bridgehead atoms. The van der Waals surface area contributed by atoms with Gasteiger partial charge in [-0.1, -0.05) is 0 Å². The van der Waals surface area contributed by atoms with Crippen LogP contribution in [0.15, 0.2) is 30.6 Å². The molecule has 0 fully saturated rings. The molecule has 1 heterocycles. The fourth-order valence-electron chi connectivity index (χ4n) is 1.39. The molecule has 2 rings (SSSR count). The summed E-state index contributed by atoms with van der Waals surface area (Å²) in [6.45, 7) is 0.690. The minimum atomic E-state index is -0.212. The van der Waals surface area contributed by atoms with E-state index in [1.807, 2.05) is 19.4 Å². The van der Waals surface area contributed by atoms with E-state index in [-0.39, 0.29) is 5.82 Å². The van der Waals surface area contributed by atoms with Crippen molar-refractivity contribution >= 4 is 28.3 Å². The highest BCUT2D eigenvalue weighted by Crippen LogP contribution is 2.19. The topological polar surface area (TPSA) is 29.9 Å². The van der Waals surface area contributed by atoms with Gasteiger partial charge in [-0.15, -0.1) is 0 Å². The van der Waals surface area contributed by atoms with Gasteiger partial charge in [0.05, 0.1) is 6.20 Å². The summed E-state index contributed by atoms with van der Waals surface area (Å²) in [6, 6.07) is 4.70. The number of aryl methyl sites for hydroxylation is 1. The van der Waals surface area contributed by atoms with Gasteiger partial charge in [-0.05, 0) is 40.8 Å². The molecule has 0 radical (unpaired) electrons. The molecule has 1 aromatic heterocycles. The molecule has 16 heavy (non-hydrogen) atoms. The van der Waals surface area contributed by atoms with Crippen LogP contribution in [0, 0.1) is 9.39 Å². The van der Waals surface area contributed by atoms with Crippen LogP contribution in [-0.4, -0.2) is 9.78 Å². The van der Waals surface area contributed by atoms with Gasteiger partial charge in [-0.25, -0.2) is 4.39 Å². The van der Waals surface area contributed by atoms with Gasteiger partial charge < -0.3 is 5.32 Å². The maximum Gasteiger partial charge on any atom is 0.124 e. The van der Waals surface area contributed by atoms with E-state index in [9.17, 15) is 4.39 Å². The Kier molecular flexibility index (Phi) is 3.42. The summed E-state index contributed by atoms with van der Waals surface area (Å²) in [5.74, 6) is -0.212. The lowest BCUT2D eigenvalue weighted by Gasteiger charge is -2.06. The van der Waals surface area contributed by atoms with Crippen molar-refractivity contribution in [2.45, 2.75) is 6.54 Å². The molecule has 1 N–H and O–H groups in total. The summed E-state index contributed by atoms with van der Waals surface area (Å²) < 4.78 is 15.5. The highest BCUT2D eigenvalue weighted by atomic mass is 127. The first kappa shape index (κ1) is 11.4. The monoisotopic (exact) mass is 331 g/mol. The normalized spacial score (nSPS) is 10.4. The maximum atomic E-state index is 12.9. The highest BCUT2D eigenvalue weighted by Gasteiger charge is 2.01. The molecule has 2 aromatic rings. The molecule has 3 nitrogen and oxygen atoms in total. The first-order chi connectivity index (χ1) is 7.65. The van der Waals surface area contributed by atoms with Crippen molar-refractivity contribution in [3.8, 4) is 0 Å². The first-order valence-corrected chi connectivity index (χ1v) is 5.89. The number of nitrogens with one attached hydrogen (secondary N) is 1. The van der Waals surface area contributed by atoms with Gasteiger partial charge in [0.25, 0.3) is 0 Å². The van der Waals surface area contributed by atoms with Crippen molar-refractivity contribution in [3.05, 3.63) is 45.5 Å². The van der Waals surface area contributed by atoms with Crippen molar-refractivity contribution in [1.29, 1.82) is 0 Å². The largest absolute Gasteiger partial charge is 0.380 e. The molecule has 0 saturated heterocycles. The quantitative estimate of drug-likeness (QED) is 0.877. The lowest BCUT2D eigenvalue weighted by atomic mass is 10.3. The molecule has 0 amide bonds. The van der Waals surface area contributed by atoms with Crippen LogP contribution in [0.3, 0.4) is 0 Å². The van der Waals surface area contributed by atoms with Crippen molar-refractivity contribution in [2.24, 2.45) is 7.05 Å². The summed E-state index contributed by atoms with van der Waals surface area (Å²) in [7, 11) is 1.88.